The van der Waals surface area contributed by atoms with Gasteiger partial charge in [0.05, 0.1) is 4.90 Å². The average molecular weight is 580 g/mol. The monoisotopic (exact) mass is 579 g/mol. The summed E-state index contributed by atoms with van der Waals surface area (Å²) in [7, 11) is -4.29. The number of carbonyl (C=O) groups excluding carboxylic acids is 1. The number of ether oxygens (including phenoxy) is 1. The minimum atomic E-state index is -4.92. The van der Waals surface area contributed by atoms with Gasteiger partial charge >= 0.3 is 6.36 Å². The van der Waals surface area contributed by atoms with Crippen molar-refractivity contribution >= 4 is 21.7 Å². The second-order valence-corrected chi connectivity index (χ2v) is 11.1. The number of aryl methyl sites for hydroxylation is 1. The van der Waals surface area contributed by atoms with Gasteiger partial charge in [-0.05, 0) is 47.9 Å². The van der Waals surface area contributed by atoms with E-state index in [4.69, 9.17) is 0 Å². The van der Waals surface area contributed by atoms with Gasteiger partial charge in [-0.1, -0.05) is 37.6 Å². The number of H-pyrrole nitrogens is 1. The van der Waals surface area contributed by atoms with Crippen LogP contribution in [-0.4, -0.2) is 60.9 Å². The van der Waals surface area contributed by atoms with Crippen LogP contribution in [0.3, 0.4) is 0 Å². The first kappa shape index (κ1) is 29.1. The van der Waals surface area contributed by atoms with E-state index in [-0.39, 0.29) is 31.1 Å². The summed E-state index contributed by atoms with van der Waals surface area (Å²) in [5.41, 5.74) is 1.58. The highest BCUT2D eigenvalue weighted by Gasteiger charge is 2.40. The van der Waals surface area contributed by atoms with E-state index in [9.17, 15) is 31.2 Å². The molecular formula is C26H28F3N5O5S. The van der Waals surface area contributed by atoms with Gasteiger partial charge in [0.15, 0.2) is 0 Å². The van der Waals surface area contributed by atoms with E-state index < -0.39 is 39.6 Å². The lowest BCUT2D eigenvalue weighted by molar-refractivity contribution is -0.274. The van der Waals surface area contributed by atoms with Gasteiger partial charge in [0.2, 0.25) is 15.9 Å². The number of benzene rings is 2. The van der Waals surface area contributed by atoms with Crippen molar-refractivity contribution in [2.24, 2.45) is 0 Å². The quantitative estimate of drug-likeness (QED) is 0.400. The predicted octanol–water partition coefficient (Wildman–Crippen LogP) is 2.82. The molecule has 10 nitrogen and oxygen atoms in total. The van der Waals surface area contributed by atoms with E-state index in [2.05, 4.69) is 27.2 Å². The molecule has 1 saturated heterocycles. The molecule has 0 unspecified atom stereocenters. The Morgan fingerprint density at radius 3 is 2.33 bits per heavy atom. The first-order valence-corrected chi connectivity index (χ1v) is 13.9. The molecule has 0 spiro atoms. The third-order valence-electron chi connectivity index (χ3n) is 6.31. The largest absolute Gasteiger partial charge is 0.573 e. The van der Waals surface area contributed by atoms with E-state index in [1.807, 2.05) is 24.3 Å². The number of anilines is 1. The van der Waals surface area contributed by atoms with Gasteiger partial charge in [0.1, 0.15) is 17.6 Å². The van der Waals surface area contributed by atoms with Gasteiger partial charge < -0.3 is 15.0 Å². The van der Waals surface area contributed by atoms with Crippen molar-refractivity contribution in [3.05, 3.63) is 82.1 Å². The molecule has 3 aromatic rings. The SMILES string of the molecule is CCCc1ccc(CNC(=O)[C@H]2CN(c3ccc(=O)[nH]n3)CCN2S(=O)(=O)c2ccc(OC(F)(F)F)cc2)cc1. The normalized spacial score (nSPS) is 16.5. The number of sulfonamides is 1. The molecular weight excluding hydrogens is 551 g/mol. The van der Waals surface area contributed by atoms with Crippen molar-refractivity contribution < 1.29 is 31.1 Å². The van der Waals surface area contributed by atoms with E-state index >= 15 is 0 Å². The van der Waals surface area contributed by atoms with E-state index in [1.54, 1.807) is 4.90 Å². The fourth-order valence-electron chi connectivity index (χ4n) is 4.36. The summed E-state index contributed by atoms with van der Waals surface area (Å²) < 4.78 is 69.6. The molecule has 0 aliphatic carbocycles. The number of rotatable bonds is 9. The molecule has 2 heterocycles. The van der Waals surface area contributed by atoms with Crippen molar-refractivity contribution in [2.45, 2.75) is 43.6 Å². The van der Waals surface area contributed by atoms with Crippen LogP contribution in [0.25, 0.3) is 0 Å². The number of nitrogens with zero attached hydrogens (tertiary/aromatic N) is 3. The average Bonchev–Trinajstić information content (AvgIpc) is 2.92. The Kier molecular flexibility index (Phi) is 8.79. The summed E-state index contributed by atoms with van der Waals surface area (Å²) >= 11 is 0. The lowest BCUT2D eigenvalue weighted by atomic mass is 10.1. The second kappa shape index (κ2) is 12.1. The standard InChI is InChI=1S/C26H28F3N5O5S/c1-2-3-18-4-6-19(7-5-18)16-30-25(36)22-17-33(23-12-13-24(35)32-31-23)14-15-34(22)40(37,38)21-10-8-20(9-11-21)39-26(27,28)29/h4-13,22H,2-3,14-17H2,1H3,(H,30,36)(H,32,35)/t22-/m1/s1. The summed E-state index contributed by atoms with van der Waals surface area (Å²) in [5.74, 6) is -0.776. The van der Waals surface area contributed by atoms with Crippen molar-refractivity contribution in [2.75, 3.05) is 24.5 Å². The van der Waals surface area contributed by atoms with Gasteiger partial charge in [-0.2, -0.15) is 9.40 Å². The Morgan fingerprint density at radius 1 is 1.05 bits per heavy atom. The molecule has 4 rings (SSSR count). The number of aromatic nitrogens is 2. The fourth-order valence-corrected chi connectivity index (χ4v) is 5.93. The zero-order valence-electron chi connectivity index (χ0n) is 21.5. The molecule has 1 aromatic heterocycles. The topological polar surface area (TPSA) is 125 Å². The Bertz CT molecular complexity index is 1460. The molecule has 0 bridgehead atoms. The van der Waals surface area contributed by atoms with Crippen molar-refractivity contribution in [3.8, 4) is 5.75 Å². The molecule has 1 aliphatic heterocycles. The summed E-state index contributed by atoms with van der Waals surface area (Å²) in [5, 5.41) is 9.09. The number of nitrogens with one attached hydrogen (secondary N) is 2. The molecule has 0 saturated carbocycles. The highest BCUT2D eigenvalue weighted by Crippen LogP contribution is 2.27. The lowest BCUT2D eigenvalue weighted by Gasteiger charge is -2.40. The number of aromatic amines is 1. The Hall–Kier alpha value is -3.91. The molecule has 214 valence electrons. The number of hydrogen-bond donors (Lipinski definition) is 2. The summed E-state index contributed by atoms with van der Waals surface area (Å²) in [6.45, 7) is 2.20. The molecule has 2 aromatic carbocycles. The smallest absolute Gasteiger partial charge is 0.406 e. The van der Waals surface area contributed by atoms with Crippen LogP contribution in [-0.2, 0) is 27.8 Å². The van der Waals surface area contributed by atoms with Gasteiger partial charge in [0, 0.05) is 32.2 Å². The molecule has 14 heteroatoms. The third-order valence-corrected chi connectivity index (χ3v) is 8.24. The molecule has 40 heavy (non-hydrogen) atoms. The molecule has 1 aliphatic rings. The van der Waals surface area contributed by atoms with E-state index in [1.165, 1.54) is 12.1 Å². The molecule has 1 amide bonds. The summed E-state index contributed by atoms with van der Waals surface area (Å²) in [6.07, 6.45) is -2.99. The minimum absolute atomic E-state index is 0.0746. The van der Waals surface area contributed by atoms with Crippen LogP contribution < -0.4 is 20.5 Å². The van der Waals surface area contributed by atoms with Gasteiger partial charge in [-0.25, -0.2) is 13.5 Å². The number of halogens is 3. The number of alkyl halides is 3. The van der Waals surface area contributed by atoms with Crippen LogP contribution in [0.4, 0.5) is 19.0 Å². The third kappa shape index (κ3) is 7.18. The van der Waals surface area contributed by atoms with Gasteiger partial charge in [0.25, 0.3) is 5.56 Å². The zero-order chi connectivity index (χ0) is 28.9. The Balaban J connectivity index is 1.56. The molecule has 0 radical (unpaired) electrons. The highest BCUT2D eigenvalue weighted by molar-refractivity contribution is 7.89. The van der Waals surface area contributed by atoms with Crippen LogP contribution in [0.15, 0.2) is 70.4 Å². The highest BCUT2D eigenvalue weighted by atomic mass is 32.2. The fraction of sp³-hybridized carbons (Fsp3) is 0.346. The summed E-state index contributed by atoms with van der Waals surface area (Å²) in [6, 6.07) is 13.1. The number of hydrogen-bond acceptors (Lipinski definition) is 7. The Morgan fingerprint density at radius 2 is 1.73 bits per heavy atom. The molecule has 1 fully saturated rings. The zero-order valence-corrected chi connectivity index (χ0v) is 22.3. The van der Waals surface area contributed by atoms with E-state index in [0.29, 0.717) is 5.82 Å². The first-order chi connectivity index (χ1) is 19.0. The van der Waals surface area contributed by atoms with Gasteiger partial charge in [-0.15, -0.1) is 13.2 Å². The first-order valence-electron chi connectivity index (χ1n) is 12.5. The van der Waals surface area contributed by atoms with Crippen molar-refractivity contribution in [1.82, 2.24) is 19.8 Å². The maximum absolute atomic E-state index is 13.6. The van der Waals surface area contributed by atoms with E-state index in [0.717, 1.165) is 52.5 Å². The number of amides is 1. The number of carbonyl (C=O) groups is 1. The predicted molar refractivity (Wildman–Crippen MR) is 140 cm³/mol. The van der Waals surface area contributed by atoms with Crippen LogP contribution in [0.5, 0.6) is 5.75 Å². The Labute approximate surface area is 228 Å². The van der Waals surface area contributed by atoms with Crippen molar-refractivity contribution in [3.63, 3.8) is 0 Å². The van der Waals surface area contributed by atoms with Crippen molar-refractivity contribution in [1.29, 1.82) is 0 Å². The molecule has 2 N–H and O–H groups in total. The lowest BCUT2D eigenvalue weighted by Crippen LogP contribution is -2.60. The van der Waals surface area contributed by atoms with Crippen LogP contribution in [0.1, 0.15) is 24.5 Å². The maximum Gasteiger partial charge on any atom is 0.573 e. The van der Waals surface area contributed by atoms with Crippen LogP contribution in [0.2, 0.25) is 0 Å². The number of piperazine rings is 1. The minimum Gasteiger partial charge on any atom is -0.406 e. The summed E-state index contributed by atoms with van der Waals surface area (Å²) in [4.78, 5) is 26.2. The second-order valence-electron chi connectivity index (χ2n) is 9.16. The van der Waals surface area contributed by atoms with Crippen LogP contribution >= 0.6 is 0 Å². The van der Waals surface area contributed by atoms with Crippen LogP contribution in [0, 0.1) is 0 Å². The maximum atomic E-state index is 13.6. The van der Waals surface area contributed by atoms with Gasteiger partial charge in [-0.3, -0.25) is 9.59 Å². The molecule has 1 atom stereocenters.